The first-order valence-corrected chi connectivity index (χ1v) is 6.43. The number of furan rings is 1. The Morgan fingerprint density at radius 2 is 2.17 bits per heavy atom. The fourth-order valence-electron chi connectivity index (χ4n) is 1.95. The maximum atomic E-state index is 12.0. The Bertz CT molecular complexity index is 884. The number of nitrogens with one attached hydrogen (secondary N) is 1. The van der Waals surface area contributed by atoms with Crippen molar-refractivity contribution >= 4 is 17.5 Å². The molecular weight excluding hydrogens is 304 g/mol. The Labute approximate surface area is 128 Å². The van der Waals surface area contributed by atoms with E-state index in [1.165, 1.54) is 10.7 Å². The van der Waals surface area contributed by atoms with Crippen molar-refractivity contribution in [2.75, 3.05) is 5.32 Å². The number of amides is 1. The first kappa shape index (κ1) is 14.4. The van der Waals surface area contributed by atoms with Gasteiger partial charge in [0.15, 0.2) is 11.6 Å². The number of hydrogen-bond acceptors (Lipinski definition) is 7. The SMILES string of the molecule is Cn1nnnc1-c1cccc(NC(=O)c2ccc([N+](=O)[O-])o2)c1. The highest BCUT2D eigenvalue weighted by Crippen LogP contribution is 2.21. The van der Waals surface area contributed by atoms with Crippen LogP contribution in [0.25, 0.3) is 11.4 Å². The third kappa shape index (κ3) is 2.90. The molecule has 116 valence electrons. The molecule has 10 heteroatoms. The second-order valence-electron chi connectivity index (χ2n) is 4.56. The molecule has 0 aliphatic carbocycles. The van der Waals surface area contributed by atoms with E-state index in [-0.39, 0.29) is 5.76 Å². The molecule has 23 heavy (non-hydrogen) atoms. The predicted molar refractivity (Wildman–Crippen MR) is 77.5 cm³/mol. The lowest BCUT2D eigenvalue weighted by Crippen LogP contribution is -2.10. The van der Waals surface area contributed by atoms with Gasteiger partial charge in [-0.15, -0.1) is 5.10 Å². The minimum atomic E-state index is -0.710. The smallest absolute Gasteiger partial charge is 0.395 e. The van der Waals surface area contributed by atoms with Crippen molar-refractivity contribution in [2.24, 2.45) is 7.05 Å². The summed E-state index contributed by atoms with van der Waals surface area (Å²) in [5.41, 5.74) is 1.19. The molecule has 0 aliphatic heterocycles. The number of carbonyl (C=O) groups is 1. The van der Waals surface area contributed by atoms with Gasteiger partial charge in [-0.25, -0.2) is 4.68 Å². The molecule has 0 spiro atoms. The number of nitro groups is 1. The van der Waals surface area contributed by atoms with Crippen molar-refractivity contribution in [3.05, 3.63) is 52.3 Å². The van der Waals surface area contributed by atoms with Crippen LogP contribution in [0.15, 0.2) is 40.8 Å². The fourth-order valence-corrected chi connectivity index (χ4v) is 1.95. The summed E-state index contributed by atoms with van der Waals surface area (Å²) >= 11 is 0. The molecule has 0 bridgehead atoms. The van der Waals surface area contributed by atoms with Crippen LogP contribution in [0.1, 0.15) is 10.6 Å². The van der Waals surface area contributed by atoms with E-state index in [4.69, 9.17) is 4.42 Å². The second-order valence-corrected chi connectivity index (χ2v) is 4.56. The van der Waals surface area contributed by atoms with Crippen LogP contribution in [-0.4, -0.2) is 31.0 Å². The van der Waals surface area contributed by atoms with Gasteiger partial charge >= 0.3 is 5.88 Å². The Morgan fingerprint density at radius 1 is 1.35 bits per heavy atom. The van der Waals surface area contributed by atoms with E-state index in [1.54, 1.807) is 31.3 Å². The zero-order valence-electron chi connectivity index (χ0n) is 11.8. The largest absolute Gasteiger partial charge is 0.433 e. The molecule has 1 amide bonds. The van der Waals surface area contributed by atoms with E-state index in [2.05, 4.69) is 20.8 Å². The van der Waals surface area contributed by atoms with E-state index in [0.717, 1.165) is 6.07 Å². The van der Waals surface area contributed by atoms with Crippen LogP contribution < -0.4 is 5.32 Å². The summed E-state index contributed by atoms with van der Waals surface area (Å²) in [6.45, 7) is 0. The van der Waals surface area contributed by atoms with Gasteiger partial charge in [0.1, 0.15) is 4.92 Å². The Kier molecular flexibility index (Phi) is 3.55. The highest BCUT2D eigenvalue weighted by Gasteiger charge is 2.17. The molecule has 0 unspecified atom stereocenters. The number of nitrogens with zero attached hydrogens (tertiary/aromatic N) is 5. The summed E-state index contributed by atoms with van der Waals surface area (Å²) in [6.07, 6.45) is 0. The molecule has 0 fully saturated rings. The van der Waals surface area contributed by atoms with Crippen LogP contribution in [0.3, 0.4) is 0 Å². The average molecular weight is 314 g/mol. The summed E-state index contributed by atoms with van der Waals surface area (Å²) in [5.74, 6) is -0.697. The highest BCUT2D eigenvalue weighted by atomic mass is 16.6. The van der Waals surface area contributed by atoms with Crippen LogP contribution in [0.5, 0.6) is 0 Å². The zero-order chi connectivity index (χ0) is 16.4. The molecule has 0 saturated heterocycles. The fraction of sp³-hybridized carbons (Fsp3) is 0.0769. The number of tetrazole rings is 1. The third-order valence-corrected chi connectivity index (χ3v) is 2.99. The van der Waals surface area contributed by atoms with Crippen LogP contribution >= 0.6 is 0 Å². The number of aryl methyl sites for hydroxylation is 1. The number of anilines is 1. The zero-order valence-corrected chi connectivity index (χ0v) is 11.8. The van der Waals surface area contributed by atoms with Crippen LogP contribution in [-0.2, 0) is 7.05 Å². The topological polar surface area (TPSA) is 129 Å². The third-order valence-electron chi connectivity index (χ3n) is 2.99. The summed E-state index contributed by atoms with van der Waals surface area (Å²) in [4.78, 5) is 21.9. The lowest BCUT2D eigenvalue weighted by molar-refractivity contribution is -0.402. The lowest BCUT2D eigenvalue weighted by atomic mass is 10.2. The molecular formula is C13H10N6O4. The van der Waals surface area contributed by atoms with Gasteiger partial charge in [-0.05, 0) is 28.6 Å². The Hall–Kier alpha value is -3.56. The molecule has 2 aromatic heterocycles. The summed E-state index contributed by atoms with van der Waals surface area (Å²) in [7, 11) is 1.70. The van der Waals surface area contributed by atoms with Crippen molar-refractivity contribution < 1.29 is 14.1 Å². The molecule has 1 N–H and O–H groups in total. The number of aromatic nitrogens is 4. The Balaban J connectivity index is 1.81. The molecule has 0 atom stereocenters. The average Bonchev–Trinajstić information content (AvgIpc) is 3.16. The van der Waals surface area contributed by atoms with Crippen LogP contribution in [0, 0.1) is 10.1 Å². The monoisotopic (exact) mass is 314 g/mol. The van der Waals surface area contributed by atoms with Gasteiger partial charge in [-0.3, -0.25) is 14.9 Å². The van der Waals surface area contributed by atoms with E-state index in [0.29, 0.717) is 17.1 Å². The number of benzene rings is 1. The molecule has 0 saturated carbocycles. The summed E-state index contributed by atoms with van der Waals surface area (Å²) < 4.78 is 6.35. The van der Waals surface area contributed by atoms with Crippen molar-refractivity contribution in [3.8, 4) is 11.4 Å². The Morgan fingerprint density at radius 3 is 2.83 bits per heavy atom. The highest BCUT2D eigenvalue weighted by molar-refractivity contribution is 6.02. The predicted octanol–water partition coefficient (Wildman–Crippen LogP) is 1.63. The van der Waals surface area contributed by atoms with Crippen molar-refractivity contribution in [1.82, 2.24) is 20.2 Å². The van der Waals surface area contributed by atoms with Gasteiger partial charge in [0.25, 0.3) is 5.91 Å². The van der Waals surface area contributed by atoms with E-state index < -0.39 is 16.7 Å². The molecule has 3 aromatic rings. The number of hydrogen-bond donors (Lipinski definition) is 1. The molecule has 1 aromatic carbocycles. The first-order valence-electron chi connectivity index (χ1n) is 6.43. The quantitative estimate of drug-likeness (QED) is 0.572. The molecule has 2 heterocycles. The number of rotatable bonds is 4. The molecule has 10 nitrogen and oxygen atoms in total. The van der Waals surface area contributed by atoms with Gasteiger partial charge in [0.2, 0.25) is 0 Å². The van der Waals surface area contributed by atoms with Gasteiger partial charge in [-0.1, -0.05) is 12.1 Å². The van der Waals surface area contributed by atoms with Gasteiger partial charge < -0.3 is 9.73 Å². The van der Waals surface area contributed by atoms with Crippen LogP contribution in [0.4, 0.5) is 11.6 Å². The minimum absolute atomic E-state index is 0.151. The number of carbonyl (C=O) groups excluding carboxylic acids is 1. The van der Waals surface area contributed by atoms with E-state index >= 15 is 0 Å². The second kappa shape index (κ2) is 5.67. The minimum Gasteiger partial charge on any atom is -0.395 e. The summed E-state index contributed by atoms with van der Waals surface area (Å²) in [6, 6.07) is 9.23. The van der Waals surface area contributed by atoms with E-state index in [9.17, 15) is 14.9 Å². The maximum Gasteiger partial charge on any atom is 0.433 e. The molecule has 0 radical (unpaired) electrons. The van der Waals surface area contributed by atoms with Crippen molar-refractivity contribution in [3.63, 3.8) is 0 Å². The lowest BCUT2D eigenvalue weighted by Gasteiger charge is -2.05. The maximum absolute atomic E-state index is 12.0. The first-order chi connectivity index (χ1) is 11.0. The molecule has 0 aliphatic rings. The van der Waals surface area contributed by atoms with Crippen molar-refractivity contribution in [2.45, 2.75) is 0 Å². The summed E-state index contributed by atoms with van der Waals surface area (Å²) in [5, 5.41) is 24.3. The van der Waals surface area contributed by atoms with Gasteiger partial charge in [0.05, 0.1) is 6.07 Å². The standard InChI is InChI=1S/C13H10N6O4/c1-18-12(15-16-17-18)8-3-2-4-9(7-8)14-13(20)10-5-6-11(23-10)19(21)22/h2-7H,1H3,(H,14,20). The van der Waals surface area contributed by atoms with Gasteiger partial charge in [0, 0.05) is 18.3 Å². The normalized spacial score (nSPS) is 10.5. The van der Waals surface area contributed by atoms with Crippen LogP contribution in [0.2, 0.25) is 0 Å². The molecule has 3 rings (SSSR count). The van der Waals surface area contributed by atoms with Gasteiger partial charge in [-0.2, -0.15) is 0 Å². The van der Waals surface area contributed by atoms with Crippen molar-refractivity contribution in [1.29, 1.82) is 0 Å². The van der Waals surface area contributed by atoms with E-state index in [1.807, 2.05) is 0 Å².